The summed E-state index contributed by atoms with van der Waals surface area (Å²) in [5.41, 5.74) is 2.63. The SMILES string of the molecule is COc1ccccc1N1CC(=O)Nc2ccc(Br)cc21. The van der Waals surface area contributed by atoms with Gasteiger partial charge in [-0.3, -0.25) is 4.79 Å². The molecule has 102 valence electrons. The average molecular weight is 333 g/mol. The molecule has 0 atom stereocenters. The van der Waals surface area contributed by atoms with Crippen LogP contribution in [0.4, 0.5) is 17.1 Å². The molecule has 0 saturated carbocycles. The highest BCUT2D eigenvalue weighted by atomic mass is 79.9. The number of amides is 1. The number of benzene rings is 2. The molecule has 0 aromatic heterocycles. The van der Waals surface area contributed by atoms with Gasteiger partial charge in [-0.25, -0.2) is 0 Å². The molecule has 1 aliphatic rings. The molecule has 2 aromatic carbocycles. The molecule has 0 unspecified atom stereocenters. The predicted octanol–water partition coefficient (Wildman–Crippen LogP) is 3.55. The van der Waals surface area contributed by atoms with Crippen LogP contribution in [-0.4, -0.2) is 19.6 Å². The minimum Gasteiger partial charge on any atom is -0.495 e. The van der Waals surface area contributed by atoms with Gasteiger partial charge in [-0.15, -0.1) is 0 Å². The molecule has 0 spiro atoms. The Kier molecular flexibility index (Phi) is 3.36. The highest BCUT2D eigenvalue weighted by Gasteiger charge is 2.25. The van der Waals surface area contributed by atoms with E-state index in [-0.39, 0.29) is 12.5 Å². The third-order valence-electron chi connectivity index (χ3n) is 3.20. The van der Waals surface area contributed by atoms with Crippen molar-refractivity contribution in [1.82, 2.24) is 0 Å². The fraction of sp³-hybridized carbons (Fsp3) is 0.133. The van der Waals surface area contributed by atoms with Gasteiger partial charge in [0.05, 0.1) is 24.2 Å². The first-order chi connectivity index (χ1) is 9.69. The summed E-state index contributed by atoms with van der Waals surface area (Å²) in [6.07, 6.45) is 0. The number of carbonyl (C=O) groups is 1. The third-order valence-corrected chi connectivity index (χ3v) is 3.70. The van der Waals surface area contributed by atoms with E-state index in [2.05, 4.69) is 21.2 Å². The Labute approximate surface area is 125 Å². The summed E-state index contributed by atoms with van der Waals surface area (Å²) in [6, 6.07) is 13.5. The van der Waals surface area contributed by atoms with Gasteiger partial charge in [0.15, 0.2) is 0 Å². The second-order valence-corrected chi connectivity index (χ2v) is 5.38. The van der Waals surface area contributed by atoms with Crippen LogP contribution in [0, 0.1) is 0 Å². The number of hydrogen-bond acceptors (Lipinski definition) is 3. The van der Waals surface area contributed by atoms with Gasteiger partial charge in [-0.1, -0.05) is 28.1 Å². The van der Waals surface area contributed by atoms with Gasteiger partial charge < -0.3 is 15.0 Å². The topological polar surface area (TPSA) is 41.6 Å². The van der Waals surface area contributed by atoms with Crippen molar-refractivity contribution in [2.45, 2.75) is 0 Å². The van der Waals surface area contributed by atoms with Gasteiger partial charge in [0, 0.05) is 4.47 Å². The highest BCUT2D eigenvalue weighted by molar-refractivity contribution is 9.10. The maximum absolute atomic E-state index is 11.9. The van der Waals surface area contributed by atoms with Crippen LogP contribution < -0.4 is 15.0 Å². The molecule has 1 N–H and O–H groups in total. The second-order valence-electron chi connectivity index (χ2n) is 4.47. The Balaban J connectivity index is 2.15. The molecule has 0 bridgehead atoms. The zero-order valence-electron chi connectivity index (χ0n) is 10.9. The van der Waals surface area contributed by atoms with Gasteiger partial charge in [-0.2, -0.15) is 0 Å². The maximum Gasteiger partial charge on any atom is 0.244 e. The van der Waals surface area contributed by atoms with Crippen molar-refractivity contribution >= 4 is 38.9 Å². The van der Waals surface area contributed by atoms with Crippen molar-refractivity contribution in [2.75, 3.05) is 23.9 Å². The van der Waals surface area contributed by atoms with E-state index in [1.54, 1.807) is 7.11 Å². The molecule has 0 saturated heterocycles. The Morgan fingerprint density at radius 1 is 1.20 bits per heavy atom. The monoisotopic (exact) mass is 332 g/mol. The number of hydrogen-bond donors (Lipinski definition) is 1. The number of carbonyl (C=O) groups excluding carboxylic acids is 1. The number of halogens is 1. The Bertz CT molecular complexity index is 673. The van der Waals surface area contributed by atoms with Crippen molar-refractivity contribution in [3.63, 3.8) is 0 Å². The smallest absolute Gasteiger partial charge is 0.244 e. The van der Waals surface area contributed by atoms with Gasteiger partial charge in [0.25, 0.3) is 0 Å². The number of nitrogens with zero attached hydrogens (tertiary/aromatic N) is 1. The Hall–Kier alpha value is -2.01. The van der Waals surface area contributed by atoms with Crippen molar-refractivity contribution in [3.05, 3.63) is 46.9 Å². The highest BCUT2D eigenvalue weighted by Crippen LogP contribution is 2.40. The van der Waals surface area contributed by atoms with E-state index in [1.807, 2.05) is 47.4 Å². The summed E-state index contributed by atoms with van der Waals surface area (Å²) in [6.45, 7) is 0.268. The molecule has 5 heteroatoms. The molecule has 0 aliphatic carbocycles. The quantitative estimate of drug-likeness (QED) is 0.914. The van der Waals surface area contributed by atoms with Crippen LogP contribution in [0.3, 0.4) is 0 Å². The van der Waals surface area contributed by atoms with Crippen LogP contribution in [0.15, 0.2) is 46.9 Å². The van der Waals surface area contributed by atoms with Crippen molar-refractivity contribution in [2.24, 2.45) is 0 Å². The maximum atomic E-state index is 11.9. The summed E-state index contributed by atoms with van der Waals surface area (Å²) in [5, 5.41) is 2.88. The summed E-state index contributed by atoms with van der Waals surface area (Å²) >= 11 is 3.47. The lowest BCUT2D eigenvalue weighted by atomic mass is 10.1. The van der Waals surface area contributed by atoms with E-state index in [9.17, 15) is 4.79 Å². The zero-order chi connectivity index (χ0) is 14.1. The van der Waals surface area contributed by atoms with Crippen LogP contribution in [0.5, 0.6) is 5.75 Å². The second kappa shape index (κ2) is 5.17. The summed E-state index contributed by atoms with van der Waals surface area (Å²) in [7, 11) is 1.63. The fourth-order valence-corrected chi connectivity index (χ4v) is 2.67. The number of nitrogens with one attached hydrogen (secondary N) is 1. The number of fused-ring (bicyclic) bond motifs is 1. The first-order valence-electron chi connectivity index (χ1n) is 6.19. The van der Waals surface area contributed by atoms with E-state index in [0.717, 1.165) is 27.3 Å². The van der Waals surface area contributed by atoms with Crippen LogP contribution in [-0.2, 0) is 4.79 Å². The minimum absolute atomic E-state index is 0.0364. The molecule has 1 heterocycles. The van der Waals surface area contributed by atoms with Gasteiger partial charge in [0.1, 0.15) is 12.3 Å². The van der Waals surface area contributed by atoms with Crippen LogP contribution in [0.25, 0.3) is 0 Å². The van der Waals surface area contributed by atoms with E-state index in [4.69, 9.17) is 4.74 Å². The predicted molar refractivity (Wildman–Crippen MR) is 82.8 cm³/mol. The van der Waals surface area contributed by atoms with E-state index < -0.39 is 0 Å². The van der Waals surface area contributed by atoms with Crippen molar-refractivity contribution in [1.29, 1.82) is 0 Å². The summed E-state index contributed by atoms with van der Waals surface area (Å²) in [5.74, 6) is 0.707. The molecular weight excluding hydrogens is 320 g/mol. The lowest BCUT2D eigenvalue weighted by Crippen LogP contribution is -2.35. The summed E-state index contributed by atoms with van der Waals surface area (Å²) in [4.78, 5) is 13.8. The lowest BCUT2D eigenvalue weighted by molar-refractivity contribution is -0.115. The number of rotatable bonds is 2. The largest absolute Gasteiger partial charge is 0.495 e. The molecule has 1 amide bonds. The molecule has 0 fully saturated rings. The lowest BCUT2D eigenvalue weighted by Gasteiger charge is -2.32. The Morgan fingerprint density at radius 2 is 2.00 bits per heavy atom. The van der Waals surface area contributed by atoms with E-state index in [1.165, 1.54) is 0 Å². The number of para-hydroxylation sites is 2. The number of ether oxygens (including phenoxy) is 1. The van der Waals surface area contributed by atoms with Crippen molar-refractivity contribution in [3.8, 4) is 5.75 Å². The first kappa shape index (κ1) is 13.0. The first-order valence-corrected chi connectivity index (χ1v) is 6.98. The molecule has 1 aliphatic heterocycles. The van der Waals surface area contributed by atoms with Crippen LogP contribution in [0.2, 0.25) is 0 Å². The third kappa shape index (κ3) is 2.25. The minimum atomic E-state index is -0.0364. The molecule has 0 radical (unpaired) electrons. The molecule has 4 nitrogen and oxygen atoms in total. The van der Waals surface area contributed by atoms with E-state index in [0.29, 0.717) is 0 Å². The molecular formula is C15H13BrN2O2. The van der Waals surface area contributed by atoms with E-state index >= 15 is 0 Å². The van der Waals surface area contributed by atoms with Gasteiger partial charge >= 0.3 is 0 Å². The molecule has 3 rings (SSSR count). The van der Waals surface area contributed by atoms with Crippen LogP contribution in [0.1, 0.15) is 0 Å². The fourth-order valence-electron chi connectivity index (χ4n) is 2.32. The van der Waals surface area contributed by atoms with Gasteiger partial charge in [-0.05, 0) is 30.3 Å². The van der Waals surface area contributed by atoms with Crippen LogP contribution >= 0.6 is 15.9 Å². The normalized spacial score (nSPS) is 13.7. The van der Waals surface area contributed by atoms with Gasteiger partial charge in [0.2, 0.25) is 5.91 Å². The molecule has 20 heavy (non-hydrogen) atoms. The standard InChI is InChI=1S/C15H13BrN2O2/c1-20-14-5-3-2-4-12(14)18-9-15(19)17-11-7-6-10(16)8-13(11)18/h2-8H,9H2,1H3,(H,17,19). The zero-order valence-corrected chi connectivity index (χ0v) is 12.5. The summed E-state index contributed by atoms with van der Waals surface area (Å²) < 4.78 is 6.36. The Morgan fingerprint density at radius 3 is 2.80 bits per heavy atom. The number of anilines is 3. The number of methoxy groups -OCH3 is 1. The van der Waals surface area contributed by atoms with Crippen molar-refractivity contribution < 1.29 is 9.53 Å². The average Bonchev–Trinajstić information content (AvgIpc) is 2.47. The molecule has 2 aromatic rings.